The molecule has 2 heterocycles. The van der Waals surface area contributed by atoms with Crippen LogP contribution in [-0.4, -0.2) is 142 Å². The zero-order valence-electron chi connectivity index (χ0n) is 49.3. The van der Waals surface area contributed by atoms with E-state index in [1.165, 1.54) is 21.0 Å². The topological polar surface area (TPSA) is 274 Å². The van der Waals surface area contributed by atoms with Crippen molar-refractivity contribution in [3.05, 3.63) is 11.8 Å². The summed E-state index contributed by atoms with van der Waals surface area (Å²) in [4.78, 5) is 117. The largest absolute Gasteiger partial charge is 0.469 e. The second-order valence-corrected chi connectivity index (χ2v) is 25.3. The van der Waals surface area contributed by atoms with Crippen molar-refractivity contribution in [1.29, 1.82) is 0 Å². The lowest BCUT2D eigenvalue weighted by atomic mass is 9.32. The van der Waals surface area contributed by atoms with Gasteiger partial charge in [-0.2, -0.15) is 0 Å². The van der Waals surface area contributed by atoms with Crippen LogP contribution in [0.15, 0.2) is 11.8 Å². The van der Waals surface area contributed by atoms with Gasteiger partial charge in [-0.25, -0.2) is 4.79 Å². The van der Waals surface area contributed by atoms with Gasteiger partial charge in [-0.15, -0.1) is 0 Å². The molecule has 2 saturated heterocycles. The summed E-state index contributed by atoms with van der Waals surface area (Å²) in [6.07, 6.45) is -7.71. The average molecular weight is 1130 g/mol. The monoisotopic (exact) mass is 1130 g/mol. The summed E-state index contributed by atoms with van der Waals surface area (Å²) in [5.41, 5.74) is -3.36. The lowest BCUT2D eigenvalue weighted by molar-refractivity contribution is -0.335. The Hall–Kier alpha value is -5.35. The van der Waals surface area contributed by atoms with Crippen LogP contribution in [0.4, 0.5) is 0 Å². The molecule has 20 atom stereocenters. The van der Waals surface area contributed by atoms with Crippen molar-refractivity contribution in [3.63, 3.8) is 0 Å². The van der Waals surface area contributed by atoms with Gasteiger partial charge >= 0.3 is 53.7 Å². The van der Waals surface area contributed by atoms with Crippen molar-refractivity contribution in [3.8, 4) is 0 Å². The molecular weight excluding hydrogens is 1050 g/mol. The van der Waals surface area contributed by atoms with E-state index in [4.69, 9.17) is 61.6 Å². The molecule has 0 aromatic carbocycles. The number of esters is 9. The SMILES string of the molecule is COC(=O)[C@H]1O[C@H](OC2=CC3[C@H]4C[C@@](C)(C(=O)OC)CC[C@]4(C)CC[C@@]3(C)[C@]3(C)CC[C@H]4C(C)(C)[C@@H](O[C@@H]5O[C@H](COC(C)=O)[C@@H](OC(C)=O)[C@H](OC(C)=O)[C@H]5OC(C)=O)CC[C@]4(C)[C@@H]23)[C@H](OC(C)=O)[C@@H](OC(C)=O)[C@@H]1OC(C)=O. The van der Waals surface area contributed by atoms with Crippen molar-refractivity contribution < 1.29 is 105 Å². The molecule has 0 radical (unpaired) electrons. The van der Waals surface area contributed by atoms with E-state index in [2.05, 4.69) is 47.6 Å². The number of carbonyl (C=O) groups excluding carboxylic acids is 9. The quantitative estimate of drug-likeness (QED) is 0.104. The molecule has 5 aliphatic carbocycles. The van der Waals surface area contributed by atoms with Crippen LogP contribution in [0.2, 0.25) is 0 Å². The predicted octanol–water partition coefficient (Wildman–Crippen LogP) is 6.32. The minimum atomic E-state index is -1.72. The molecule has 22 heteroatoms. The molecule has 80 heavy (non-hydrogen) atoms. The van der Waals surface area contributed by atoms with Gasteiger partial charge in [-0.05, 0) is 116 Å². The highest BCUT2D eigenvalue weighted by atomic mass is 16.8. The first-order valence-electron chi connectivity index (χ1n) is 27.9. The molecule has 22 nitrogen and oxygen atoms in total. The number of hydrogen-bond donors (Lipinski definition) is 0. The molecule has 7 aliphatic rings. The standard InChI is InChI=1S/C58H84O22/c1-28(59)70-27-38-41(71-29(2)60)42(72-30(3)61)46(75-33(6)64)50(78-38)79-40-18-19-56(12)39(53(40,8)9)17-20-58(14)48(56)37(25-35-36-26-55(11,52(67)69-16)22-21-54(36,10)23-24-57(35,58)13)77-51-47(76-34(7)65)44(74-32(5)63)43(73-31(4)62)45(80-51)49(66)68-15/h25,35-36,38-48,50-51H,17-24,26-27H2,1-16H3/t35?,36-,38-,39+,40+,41-,42+,43+,44+,45+,46-,47-,48-,50+,51+,54-,55+,56+,57-,58-/m1/s1. The summed E-state index contributed by atoms with van der Waals surface area (Å²) in [5, 5.41) is 0. The normalized spacial score (nSPS) is 41.5. The highest BCUT2D eigenvalue weighted by Gasteiger charge is 2.72. The van der Waals surface area contributed by atoms with E-state index in [9.17, 15) is 43.2 Å². The van der Waals surface area contributed by atoms with E-state index in [1.807, 2.05) is 6.92 Å². The fraction of sp³-hybridized carbons (Fsp3) is 0.810. The third-order valence-electron chi connectivity index (χ3n) is 19.9. The Morgan fingerprint density at radius 1 is 0.550 bits per heavy atom. The smallest absolute Gasteiger partial charge is 0.339 e. The predicted molar refractivity (Wildman–Crippen MR) is 275 cm³/mol. The number of allylic oxidation sites excluding steroid dienone is 2. The summed E-state index contributed by atoms with van der Waals surface area (Å²) in [6, 6.07) is 0. The molecule has 6 fully saturated rings. The van der Waals surface area contributed by atoms with Gasteiger partial charge in [0.1, 0.15) is 18.5 Å². The van der Waals surface area contributed by atoms with E-state index in [-0.39, 0.29) is 29.1 Å². The number of rotatable bonds is 14. The van der Waals surface area contributed by atoms with Crippen molar-refractivity contribution in [2.75, 3.05) is 20.8 Å². The summed E-state index contributed by atoms with van der Waals surface area (Å²) in [6.45, 7) is 22.9. The van der Waals surface area contributed by atoms with Crippen molar-refractivity contribution >= 4 is 53.7 Å². The van der Waals surface area contributed by atoms with Crippen LogP contribution in [-0.2, 0) is 105 Å². The molecule has 0 amide bonds. The first-order chi connectivity index (χ1) is 37.2. The molecule has 0 spiro atoms. The molecule has 2 aliphatic heterocycles. The van der Waals surface area contributed by atoms with E-state index in [0.29, 0.717) is 44.3 Å². The number of hydrogen-bond acceptors (Lipinski definition) is 22. The lowest BCUT2D eigenvalue weighted by Gasteiger charge is -2.72. The van der Waals surface area contributed by atoms with Crippen molar-refractivity contribution in [1.82, 2.24) is 0 Å². The zero-order chi connectivity index (χ0) is 59.4. The molecule has 0 bridgehead atoms. The Morgan fingerprint density at radius 3 is 1.62 bits per heavy atom. The molecule has 7 rings (SSSR count). The average Bonchev–Trinajstić information content (AvgIpc) is 3.17. The highest BCUT2D eigenvalue weighted by molar-refractivity contribution is 5.78. The Bertz CT molecular complexity index is 2470. The minimum Gasteiger partial charge on any atom is -0.469 e. The van der Waals surface area contributed by atoms with Crippen LogP contribution >= 0.6 is 0 Å². The van der Waals surface area contributed by atoms with Gasteiger partial charge in [0.25, 0.3) is 0 Å². The van der Waals surface area contributed by atoms with Crippen LogP contribution in [0.1, 0.15) is 155 Å². The Morgan fingerprint density at radius 2 is 1.07 bits per heavy atom. The summed E-state index contributed by atoms with van der Waals surface area (Å²) < 4.78 is 77.9. The van der Waals surface area contributed by atoms with Crippen LogP contribution in [0.3, 0.4) is 0 Å². The van der Waals surface area contributed by atoms with Gasteiger partial charge in [-0.3, -0.25) is 38.4 Å². The van der Waals surface area contributed by atoms with Gasteiger partial charge < -0.3 is 61.6 Å². The number of ether oxygens (including phenoxy) is 13. The Kier molecular flexibility index (Phi) is 18.0. The van der Waals surface area contributed by atoms with E-state index >= 15 is 0 Å². The third kappa shape index (κ3) is 11.6. The van der Waals surface area contributed by atoms with Gasteiger partial charge in [0.2, 0.25) is 12.4 Å². The number of methoxy groups -OCH3 is 2. The fourth-order valence-corrected chi connectivity index (χ4v) is 16.1. The van der Waals surface area contributed by atoms with Crippen LogP contribution < -0.4 is 0 Å². The maximum atomic E-state index is 13.8. The molecule has 0 aromatic rings. The lowest BCUT2D eigenvalue weighted by Crippen LogP contribution is -2.68. The fourth-order valence-electron chi connectivity index (χ4n) is 16.1. The van der Waals surface area contributed by atoms with Gasteiger partial charge in [0.05, 0.1) is 25.7 Å². The number of fused-ring (bicyclic) bond motifs is 7. The minimum absolute atomic E-state index is 0.0512. The van der Waals surface area contributed by atoms with Crippen LogP contribution in [0.5, 0.6) is 0 Å². The van der Waals surface area contributed by atoms with Crippen LogP contribution in [0.25, 0.3) is 0 Å². The zero-order valence-corrected chi connectivity index (χ0v) is 49.3. The van der Waals surface area contributed by atoms with Gasteiger partial charge in [0, 0.05) is 54.4 Å². The highest BCUT2D eigenvalue weighted by Crippen LogP contribution is 2.77. The Balaban J connectivity index is 1.36. The van der Waals surface area contributed by atoms with Crippen molar-refractivity contribution in [2.24, 2.45) is 56.2 Å². The molecular formula is C58H84O22. The number of carbonyl (C=O) groups is 9. The molecule has 4 saturated carbocycles. The second-order valence-electron chi connectivity index (χ2n) is 25.3. The Labute approximate surface area is 468 Å². The first kappa shape index (κ1) is 62.3. The third-order valence-corrected chi connectivity index (χ3v) is 19.9. The molecule has 0 aromatic heterocycles. The summed E-state index contributed by atoms with van der Waals surface area (Å²) in [5.74, 6) is -7.14. The molecule has 1 unspecified atom stereocenters. The summed E-state index contributed by atoms with van der Waals surface area (Å²) in [7, 11) is 2.53. The van der Waals surface area contributed by atoms with Crippen LogP contribution in [0, 0.1) is 56.2 Å². The second kappa shape index (κ2) is 23.1. The first-order valence-corrected chi connectivity index (χ1v) is 27.9. The van der Waals surface area contributed by atoms with Crippen molar-refractivity contribution in [2.45, 2.75) is 222 Å². The van der Waals surface area contributed by atoms with E-state index in [0.717, 1.165) is 61.0 Å². The maximum Gasteiger partial charge on any atom is 0.339 e. The summed E-state index contributed by atoms with van der Waals surface area (Å²) >= 11 is 0. The van der Waals surface area contributed by atoms with Gasteiger partial charge in [-0.1, -0.05) is 41.5 Å². The molecule has 448 valence electrons. The molecule has 0 N–H and O–H groups in total. The maximum absolute atomic E-state index is 13.8. The van der Waals surface area contributed by atoms with Gasteiger partial charge in [0.15, 0.2) is 42.9 Å². The van der Waals surface area contributed by atoms with E-state index in [1.54, 1.807) is 0 Å². The van der Waals surface area contributed by atoms with E-state index < -0.39 is 155 Å².